The largest absolute Gasteiger partial charge is 1.00 e. The van der Waals surface area contributed by atoms with E-state index in [0.717, 1.165) is 6.07 Å². The fraction of sp³-hybridized carbons (Fsp3) is 0. The van der Waals surface area contributed by atoms with Crippen molar-refractivity contribution >= 4 is 105 Å². The van der Waals surface area contributed by atoms with Crippen LogP contribution in [0.1, 0.15) is 0 Å². The zero-order valence-electron chi connectivity index (χ0n) is 31.0. The van der Waals surface area contributed by atoms with Gasteiger partial charge in [-0.25, -0.2) is 58.9 Å². The Morgan fingerprint density at radius 2 is 0.733 bits per heavy atom. The molecule has 60 heavy (non-hydrogen) atoms. The number of anilines is 2. The molecule has 4 rings (SSSR count). The number of sulfonamides is 2. The quantitative estimate of drug-likeness (QED) is 0.0389. The molecule has 0 saturated heterocycles. The van der Waals surface area contributed by atoms with Crippen molar-refractivity contribution in [3.05, 3.63) is 60.7 Å². The Morgan fingerprint density at radius 1 is 0.417 bits per heavy atom. The van der Waals surface area contributed by atoms with Crippen molar-refractivity contribution in [1.29, 1.82) is 0 Å². The van der Waals surface area contributed by atoms with Crippen LogP contribution in [-0.4, -0.2) is 81.7 Å². The molecule has 0 aliphatic heterocycles. The van der Waals surface area contributed by atoms with Crippen LogP contribution in [0, 0.1) is 0 Å². The van der Waals surface area contributed by atoms with Gasteiger partial charge in [0.05, 0.1) is 57.7 Å². The van der Waals surface area contributed by atoms with Crippen LogP contribution >= 0.6 is 12.0 Å². The normalized spacial score (nSPS) is 12.2. The average Bonchev–Trinajstić information content (AvgIpc) is 3.01. The van der Waals surface area contributed by atoms with Gasteiger partial charge in [0.2, 0.25) is 0 Å². The SMILES string of the molecule is O=S(=O)([O-])c1cc(S(=O)(=O)[O-])cc(S(=O)(=O)Nc2ccc3c(SOO[O-])cc(S(=O)(=O)[O-])cc3c2NS(=O)(=O)c2cc(S(=O)(=O)[O-])cc(S(=O)(=O)[O-])c2)c1.[Na+].[Na+].[Na+].[Na+].[Na+].[Na+]. The third-order valence-electron chi connectivity index (χ3n) is 6.47. The van der Waals surface area contributed by atoms with Gasteiger partial charge in [0.15, 0.2) is 0 Å². The van der Waals surface area contributed by atoms with Gasteiger partial charge in [-0.15, -0.1) is 0 Å². The zero-order valence-corrected chi connectivity index (χ0v) is 49.6. The van der Waals surface area contributed by atoms with Gasteiger partial charge in [0, 0.05) is 15.7 Å². The Balaban J connectivity index is -0.00000541. The standard InChI is InChI=1S/C22H18N2O22S8.6Na/c25-45-46-47-21-10-17(54(42,43)44)9-19-18(21)1-2-20(23-48(26,27)11-3-13(50(30,31)32)7-14(4-11)51(33,34)35)22(19)24-49(28,29)12-5-15(52(36,37)38)8-16(6-12)53(39,40)41;;;;;;/h1-10,23-25H,(H,30,31,32)(H,33,34,35)(H,36,37,38)(H,39,40,41)(H,42,43,44);;;;;;/q;6*+1/p-6. The molecule has 0 fully saturated rings. The fourth-order valence-corrected chi connectivity index (χ4v) is 10.3. The second-order valence-corrected chi connectivity index (χ2v) is 21.0. The number of nitrogens with one attached hydrogen (secondary N) is 2. The van der Waals surface area contributed by atoms with E-state index < -0.39 is 132 Å². The molecule has 2 N–H and O–H groups in total. The molecule has 0 saturated carbocycles. The van der Waals surface area contributed by atoms with E-state index in [2.05, 4.69) is 9.37 Å². The summed E-state index contributed by atoms with van der Waals surface area (Å²) < 4.78 is 238. The van der Waals surface area contributed by atoms with E-state index in [1.54, 1.807) is 9.44 Å². The number of hydrogen-bond donors (Lipinski definition) is 2. The van der Waals surface area contributed by atoms with Crippen molar-refractivity contribution in [2.45, 2.75) is 39.2 Å². The van der Waals surface area contributed by atoms with E-state index in [1.807, 2.05) is 0 Å². The molecule has 296 valence electrons. The smallest absolute Gasteiger partial charge is 0.744 e. The topological polar surface area (TPSA) is 420 Å². The Morgan fingerprint density at radius 3 is 1.07 bits per heavy atom. The second-order valence-electron chi connectivity index (χ2n) is 9.99. The van der Waals surface area contributed by atoms with Gasteiger partial charge in [0.1, 0.15) is 50.6 Å². The van der Waals surface area contributed by atoms with Gasteiger partial charge in [-0.3, -0.25) is 14.5 Å². The summed E-state index contributed by atoms with van der Waals surface area (Å²) in [6.07, 6.45) is 0. The van der Waals surface area contributed by atoms with Crippen molar-refractivity contribution in [1.82, 2.24) is 0 Å². The molecule has 0 aromatic heterocycles. The summed E-state index contributed by atoms with van der Waals surface area (Å²) in [6, 6.07) is 2.67. The van der Waals surface area contributed by atoms with Gasteiger partial charge >= 0.3 is 177 Å². The summed E-state index contributed by atoms with van der Waals surface area (Å²) >= 11 is -0.0935. The van der Waals surface area contributed by atoms with Gasteiger partial charge in [-0.2, -0.15) is 4.33 Å². The van der Waals surface area contributed by atoms with E-state index in [0.29, 0.717) is 18.2 Å². The number of rotatable bonds is 14. The molecule has 0 spiro atoms. The summed E-state index contributed by atoms with van der Waals surface area (Å²) in [6.45, 7) is 0. The Kier molecular flexibility index (Phi) is 27.4. The molecule has 4 aromatic carbocycles. The molecule has 0 amide bonds. The van der Waals surface area contributed by atoms with Crippen LogP contribution < -0.4 is 192 Å². The molecule has 0 radical (unpaired) electrons. The van der Waals surface area contributed by atoms with Gasteiger partial charge in [-0.05, 0) is 54.6 Å². The Labute approximate surface area is 479 Å². The third kappa shape index (κ3) is 17.2. The molecular weight excluding hydrogens is 1040 g/mol. The summed E-state index contributed by atoms with van der Waals surface area (Å²) in [4.78, 5) is -11.1. The van der Waals surface area contributed by atoms with Gasteiger partial charge < -0.3 is 28.0 Å². The average molecular weight is 1050 g/mol. The summed E-state index contributed by atoms with van der Waals surface area (Å²) in [5, 5.41) is 12.4. The van der Waals surface area contributed by atoms with Crippen LogP contribution in [0.4, 0.5) is 11.4 Å². The molecule has 0 atom stereocenters. The van der Waals surface area contributed by atoms with Crippen molar-refractivity contribution in [2.75, 3.05) is 9.44 Å². The molecule has 0 heterocycles. The van der Waals surface area contributed by atoms with Gasteiger partial charge in [-0.1, -0.05) is 6.07 Å². The molecule has 0 unspecified atom stereocenters. The first-order valence-electron chi connectivity index (χ1n) is 12.7. The maximum absolute atomic E-state index is 13.7. The maximum Gasteiger partial charge on any atom is 1.00 e. The predicted molar refractivity (Wildman–Crippen MR) is 166 cm³/mol. The van der Waals surface area contributed by atoms with Crippen LogP contribution in [0.5, 0.6) is 0 Å². The Hall–Kier alpha value is 2.42. The van der Waals surface area contributed by atoms with Gasteiger partial charge in [0.25, 0.3) is 20.0 Å². The first-order valence-corrected chi connectivity index (χ1v) is 23.5. The minimum absolute atomic E-state index is 0. The molecule has 0 aliphatic carbocycles. The summed E-state index contributed by atoms with van der Waals surface area (Å²) in [5.41, 5.74) is -2.28. The van der Waals surface area contributed by atoms with E-state index in [1.165, 1.54) is 0 Å². The molecular formula is C22H12N2Na6O22S8. The minimum atomic E-state index is -5.73. The molecule has 0 bridgehead atoms. The van der Waals surface area contributed by atoms with Crippen molar-refractivity contribution in [2.24, 2.45) is 0 Å². The molecule has 38 heteroatoms. The molecule has 0 aliphatic rings. The van der Waals surface area contributed by atoms with E-state index in [-0.39, 0.29) is 226 Å². The molecule has 24 nitrogen and oxygen atoms in total. The van der Waals surface area contributed by atoms with Crippen LogP contribution in [0.3, 0.4) is 0 Å². The van der Waals surface area contributed by atoms with Crippen molar-refractivity contribution in [3.8, 4) is 0 Å². The Bertz CT molecular complexity index is 2950. The van der Waals surface area contributed by atoms with E-state index in [4.69, 9.17) is 0 Å². The van der Waals surface area contributed by atoms with Crippen molar-refractivity contribution in [3.63, 3.8) is 0 Å². The monoisotopic (exact) mass is 1050 g/mol. The first kappa shape index (κ1) is 66.7. The van der Waals surface area contributed by atoms with Crippen molar-refractivity contribution < 1.29 is 274 Å². The van der Waals surface area contributed by atoms with Crippen LogP contribution in [-0.2, 0) is 80.0 Å². The second kappa shape index (κ2) is 24.6. The zero-order chi connectivity index (χ0) is 41.0. The van der Waals surface area contributed by atoms with Crippen LogP contribution in [0.15, 0.2) is 99.8 Å². The van der Waals surface area contributed by atoms with Crippen LogP contribution in [0.2, 0.25) is 0 Å². The maximum atomic E-state index is 13.7. The predicted octanol–water partition coefficient (Wildman–Crippen LogP) is -19.8. The fourth-order valence-electron chi connectivity index (χ4n) is 4.21. The third-order valence-corrected chi connectivity index (χ3v) is 13.9. The molecule has 4 aromatic rings. The first-order chi connectivity index (χ1) is 24.3. The number of benzene rings is 4. The summed E-state index contributed by atoms with van der Waals surface area (Å²) in [7, 11) is -39.5. The van der Waals surface area contributed by atoms with E-state index in [9.17, 15) is 86.9 Å². The minimum Gasteiger partial charge on any atom is -0.744 e. The van der Waals surface area contributed by atoms with E-state index >= 15 is 0 Å². The number of fused-ring (bicyclic) bond motifs is 1. The number of hydrogen-bond acceptors (Lipinski definition) is 23. The van der Waals surface area contributed by atoms with Crippen LogP contribution in [0.25, 0.3) is 10.8 Å². The summed E-state index contributed by atoms with van der Waals surface area (Å²) in [5.74, 6) is 0.